The number of halogens is 3. The lowest BCUT2D eigenvalue weighted by Gasteiger charge is -2.26. The first kappa shape index (κ1) is 14.0. The lowest BCUT2D eigenvalue weighted by molar-refractivity contribution is -0.138. The van der Waals surface area contributed by atoms with Crippen LogP contribution in [0.3, 0.4) is 0 Å². The second kappa shape index (κ2) is 4.61. The molecule has 6 heteroatoms. The summed E-state index contributed by atoms with van der Waals surface area (Å²) in [5.41, 5.74) is 3.39. The summed E-state index contributed by atoms with van der Waals surface area (Å²) in [6.45, 7) is 1.76. The number of ether oxygens (including phenoxy) is 1. The van der Waals surface area contributed by atoms with E-state index >= 15 is 0 Å². The number of Topliss-reactive ketones (excluding diaryl/α,β-unsaturated/α-hetero) is 1. The first-order valence-electron chi connectivity index (χ1n) is 5.81. The second-order valence-corrected chi connectivity index (χ2v) is 4.91. The van der Waals surface area contributed by atoms with Crippen molar-refractivity contribution >= 4 is 5.78 Å². The van der Waals surface area contributed by atoms with Crippen molar-refractivity contribution in [3.63, 3.8) is 0 Å². The maximum Gasteiger partial charge on any atom is 0.417 e. The highest BCUT2D eigenvalue weighted by atomic mass is 19.4. The summed E-state index contributed by atoms with van der Waals surface area (Å²) in [6, 6.07) is 4.15. The fraction of sp³-hybridized carbons (Fsp3) is 0.462. The van der Waals surface area contributed by atoms with Gasteiger partial charge in [-0.3, -0.25) is 4.79 Å². The largest absolute Gasteiger partial charge is 0.417 e. The van der Waals surface area contributed by atoms with Crippen molar-refractivity contribution in [2.24, 2.45) is 11.1 Å². The van der Waals surface area contributed by atoms with E-state index < -0.39 is 29.0 Å². The molecule has 0 amide bonds. The van der Waals surface area contributed by atoms with Gasteiger partial charge in [0.1, 0.15) is 0 Å². The first-order chi connectivity index (χ1) is 8.77. The maximum atomic E-state index is 12.9. The Morgan fingerprint density at radius 1 is 1.42 bits per heavy atom. The van der Waals surface area contributed by atoms with E-state index in [1.165, 1.54) is 18.2 Å². The molecule has 1 heterocycles. The summed E-state index contributed by atoms with van der Waals surface area (Å²) >= 11 is 0. The summed E-state index contributed by atoms with van der Waals surface area (Å²) in [5, 5.41) is 0. The topological polar surface area (TPSA) is 52.3 Å². The second-order valence-electron chi connectivity index (χ2n) is 4.91. The molecule has 0 radical (unpaired) electrons. The molecule has 0 aromatic heterocycles. The Labute approximate surface area is 108 Å². The normalized spacial score (nSPS) is 27.5. The zero-order chi connectivity index (χ0) is 14.3. The van der Waals surface area contributed by atoms with E-state index in [0.717, 1.165) is 6.07 Å². The molecule has 3 nitrogen and oxygen atoms in total. The van der Waals surface area contributed by atoms with Crippen molar-refractivity contribution in [1.29, 1.82) is 0 Å². The van der Waals surface area contributed by atoms with Crippen LogP contribution in [0.25, 0.3) is 0 Å². The van der Waals surface area contributed by atoms with Crippen LogP contribution in [0.1, 0.15) is 22.8 Å². The minimum absolute atomic E-state index is 0.0409. The zero-order valence-electron chi connectivity index (χ0n) is 10.3. The molecule has 1 aromatic rings. The molecule has 1 aliphatic heterocycles. The van der Waals surface area contributed by atoms with Gasteiger partial charge in [0.25, 0.3) is 0 Å². The monoisotopic (exact) mass is 273 g/mol. The average molecular weight is 273 g/mol. The lowest BCUT2D eigenvalue weighted by atomic mass is 9.77. The van der Waals surface area contributed by atoms with Crippen molar-refractivity contribution in [2.75, 3.05) is 13.2 Å². The van der Waals surface area contributed by atoms with Gasteiger partial charge in [0.05, 0.1) is 24.2 Å². The van der Waals surface area contributed by atoms with E-state index in [-0.39, 0.29) is 18.8 Å². The highest BCUT2D eigenvalue weighted by Gasteiger charge is 2.47. The van der Waals surface area contributed by atoms with E-state index in [1.807, 2.05) is 0 Å². The zero-order valence-corrected chi connectivity index (χ0v) is 10.3. The molecule has 19 heavy (non-hydrogen) atoms. The standard InChI is InChI=1S/C13H14F3NO2/c1-12(7-19-6-10(12)17)11(18)8-4-2-3-5-9(8)13(14,15)16/h2-5,10H,6-7,17H2,1H3. The van der Waals surface area contributed by atoms with E-state index in [0.29, 0.717) is 0 Å². The number of rotatable bonds is 2. The molecular formula is C13H14F3NO2. The number of ketones is 1. The van der Waals surface area contributed by atoms with Crippen LogP contribution in [-0.2, 0) is 10.9 Å². The summed E-state index contributed by atoms with van der Waals surface area (Å²) < 4.78 is 43.8. The molecule has 1 aromatic carbocycles. The Morgan fingerprint density at radius 2 is 2.05 bits per heavy atom. The number of carbonyl (C=O) groups excluding carboxylic acids is 1. The molecule has 0 aliphatic carbocycles. The van der Waals surface area contributed by atoms with Crippen LogP contribution in [0.15, 0.2) is 24.3 Å². The molecular weight excluding hydrogens is 259 g/mol. The van der Waals surface area contributed by atoms with Gasteiger partial charge in [0.15, 0.2) is 5.78 Å². The molecule has 104 valence electrons. The number of hydrogen-bond acceptors (Lipinski definition) is 3. The molecule has 0 bridgehead atoms. The third-order valence-corrected chi connectivity index (χ3v) is 3.51. The maximum absolute atomic E-state index is 12.9. The fourth-order valence-electron chi connectivity index (χ4n) is 2.16. The average Bonchev–Trinajstić information content (AvgIpc) is 2.69. The minimum atomic E-state index is -4.56. The van der Waals surface area contributed by atoms with Crippen LogP contribution < -0.4 is 5.73 Å². The van der Waals surface area contributed by atoms with Gasteiger partial charge < -0.3 is 10.5 Å². The van der Waals surface area contributed by atoms with Gasteiger partial charge in [-0.25, -0.2) is 0 Å². The molecule has 1 aliphatic rings. The molecule has 1 saturated heterocycles. The fourth-order valence-corrected chi connectivity index (χ4v) is 2.16. The molecule has 2 N–H and O–H groups in total. The quantitative estimate of drug-likeness (QED) is 0.841. The van der Waals surface area contributed by atoms with Crippen molar-refractivity contribution in [3.8, 4) is 0 Å². The van der Waals surface area contributed by atoms with Gasteiger partial charge in [0.2, 0.25) is 0 Å². The first-order valence-corrected chi connectivity index (χ1v) is 5.81. The number of alkyl halides is 3. The Hall–Kier alpha value is -1.40. The Morgan fingerprint density at radius 3 is 2.58 bits per heavy atom. The highest BCUT2D eigenvalue weighted by Crippen LogP contribution is 2.37. The highest BCUT2D eigenvalue weighted by molar-refractivity contribution is 6.02. The third kappa shape index (κ3) is 2.37. The van der Waals surface area contributed by atoms with E-state index in [9.17, 15) is 18.0 Å². The van der Waals surface area contributed by atoms with Crippen molar-refractivity contribution in [3.05, 3.63) is 35.4 Å². The number of nitrogens with two attached hydrogens (primary N) is 1. The number of hydrogen-bond donors (Lipinski definition) is 1. The van der Waals surface area contributed by atoms with Crippen molar-refractivity contribution < 1.29 is 22.7 Å². The predicted molar refractivity (Wildman–Crippen MR) is 62.7 cm³/mol. The Bertz CT molecular complexity index is 501. The van der Waals surface area contributed by atoms with Gasteiger partial charge in [0, 0.05) is 11.6 Å². The summed E-state index contributed by atoms with van der Waals surface area (Å²) in [7, 11) is 0. The van der Waals surface area contributed by atoms with Crippen LogP contribution in [0.4, 0.5) is 13.2 Å². The number of carbonyl (C=O) groups is 1. The van der Waals surface area contributed by atoms with Gasteiger partial charge in [-0.05, 0) is 13.0 Å². The SMILES string of the molecule is CC1(C(=O)c2ccccc2C(F)(F)F)COCC1N. The Balaban J connectivity index is 2.46. The van der Waals surface area contributed by atoms with Crippen molar-refractivity contribution in [1.82, 2.24) is 0 Å². The lowest BCUT2D eigenvalue weighted by Crippen LogP contribution is -2.44. The summed E-state index contributed by atoms with van der Waals surface area (Å²) in [6.07, 6.45) is -4.56. The molecule has 2 atom stereocenters. The van der Waals surface area contributed by atoms with E-state index in [4.69, 9.17) is 10.5 Å². The summed E-state index contributed by atoms with van der Waals surface area (Å²) in [5.74, 6) is -0.620. The minimum Gasteiger partial charge on any atom is -0.379 e. The molecule has 2 unspecified atom stereocenters. The van der Waals surface area contributed by atoms with Crippen LogP contribution >= 0.6 is 0 Å². The van der Waals surface area contributed by atoms with E-state index in [2.05, 4.69) is 0 Å². The summed E-state index contributed by atoms with van der Waals surface area (Å²) in [4.78, 5) is 12.4. The van der Waals surface area contributed by atoms with Crippen LogP contribution in [-0.4, -0.2) is 25.0 Å². The van der Waals surface area contributed by atoms with Crippen LogP contribution in [0, 0.1) is 5.41 Å². The molecule has 1 fully saturated rings. The van der Waals surface area contributed by atoms with Gasteiger partial charge in [-0.1, -0.05) is 18.2 Å². The van der Waals surface area contributed by atoms with Crippen LogP contribution in [0.5, 0.6) is 0 Å². The molecule has 0 saturated carbocycles. The molecule has 2 rings (SSSR count). The van der Waals surface area contributed by atoms with Crippen LogP contribution in [0.2, 0.25) is 0 Å². The van der Waals surface area contributed by atoms with Gasteiger partial charge >= 0.3 is 6.18 Å². The van der Waals surface area contributed by atoms with Crippen molar-refractivity contribution in [2.45, 2.75) is 19.1 Å². The Kier molecular flexibility index (Phi) is 3.40. The molecule has 0 spiro atoms. The van der Waals surface area contributed by atoms with Gasteiger partial charge in [-0.15, -0.1) is 0 Å². The van der Waals surface area contributed by atoms with E-state index in [1.54, 1.807) is 6.92 Å². The smallest absolute Gasteiger partial charge is 0.379 e. The number of benzene rings is 1. The predicted octanol–water partition coefficient (Wildman–Crippen LogP) is 2.25. The van der Waals surface area contributed by atoms with Gasteiger partial charge in [-0.2, -0.15) is 13.2 Å². The third-order valence-electron chi connectivity index (χ3n) is 3.51.